The van der Waals surface area contributed by atoms with Crippen molar-refractivity contribution >= 4 is 28.1 Å². The van der Waals surface area contributed by atoms with Gasteiger partial charge in [-0.3, -0.25) is 0 Å². The number of aryl methyl sites for hydroxylation is 1. The van der Waals surface area contributed by atoms with Gasteiger partial charge in [-0.2, -0.15) is 0 Å². The first-order valence-electron chi connectivity index (χ1n) is 7.32. The lowest BCUT2D eigenvalue weighted by Crippen LogP contribution is -2.35. The van der Waals surface area contributed by atoms with Gasteiger partial charge in [0.05, 0.1) is 7.11 Å². The first-order valence-corrected chi connectivity index (χ1v) is 7.72. The molecule has 0 saturated carbocycles. The molecule has 0 aliphatic rings. The number of benzene rings is 2. The summed E-state index contributed by atoms with van der Waals surface area (Å²) in [6, 6.07) is 12.7. The fraction of sp³-hybridized carbons (Fsp3) is 0.353. The van der Waals surface area contributed by atoms with E-state index >= 15 is 0 Å². The molecule has 2 aromatic rings. The van der Waals surface area contributed by atoms with E-state index in [0.29, 0.717) is 0 Å². The summed E-state index contributed by atoms with van der Waals surface area (Å²) in [7, 11) is 1.70. The number of fused-ring (bicyclic) bond motifs is 1. The third-order valence-electron chi connectivity index (χ3n) is 3.43. The number of rotatable bonds is 6. The number of ether oxygens (including phenoxy) is 1. The minimum atomic E-state index is 0.733. The molecule has 3 nitrogen and oxygen atoms in total. The Balaban J connectivity index is 1.99. The molecule has 0 heterocycles. The zero-order valence-corrected chi connectivity index (χ0v) is 13.4. The summed E-state index contributed by atoms with van der Waals surface area (Å²) in [4.78, 5) is 0. The Hall–Kier alpha value is -1.81. The van der Waals surface area contributed by atoms with Crippen molar-refractivity contribution in [2.24, 2.45) is 0 Å². The summed E-state index contributed by atoms with van der Waals surface area (Å²) in [6.45, 7) is 3.78. The molecule has 0 saturated heterocycles. The summed E-state index contributed by atoms with van der Waals surface area (Å²) in [5.41, 5.74) is 1.35. The lowest BCUT2D eigenvalue weighted by atomic mass is 10.0. The van der Waals surface area contributed by atoms with E-state index < -0.39 is 0 Å². The first-order chi connectivity index (χ1) is 10.2. The molecule has 0 spiro atoms. The van der Waals surface area contributed by atoms with Crippen LogP contribution < -0.4 is 15.4 Å². The van der Waals surface area contributed by atoms with Crippen LogP contribution in [0.1, 0.15) is 18.9 Å². The van der Waals surface area contributed by atoms with E-state index in [9.17, 15) is 0 Å². The van der Waals surface area contributed by atoms with Crippen LogP contribution in [0.5, 0.6) is 5.75 Å². The third kappa shape index (κ3) is 4.33. The van der Waals surface area contributed by atoms with Crippen molar-refractivity contribution in [3.8, 4) is 5.75 Å². The molecule has 0 unspecified atom stereocenters. The van der Waals surface area contributed by atoms with Crippen LogP contribution >= 0.6 is 12.2 Å². The smallest absolute Gasteiger partial charge is 0.166 e. The zero-order valence-electron chi connectivity index (χ0n) is 12.6. The fourth-order valence-electron chi connectivity index (χ4n) is 2.37. The molecule has 0 radical (unpaired) electrons. The molecule has 0 aromatic heterocycles. The van der Waals surface area contributed by atoms with Gasteiger partial charge in [0.25, 0.3) is 0 Å². The van der Waals surface area contributed by atoms with Crippen LogP contribution in [0, 0.1) is 0 Å². The van der Waals surface area contributed by atoms with Crippen molar-refractivity contribution in [3.63, 3.8) is 0 Å². The van der Waals surface area contributed by atoms with Crippen molar-refractivity contribution < 1.29 is 4.74 Å². The number of nitrogens with one attached hydrogen (secondary N) is 2. The summed E-state index contributed by atoms with van der Waals surface area (Å²) in [5, 5.41) is 9.57. The largest absolute Gasteiger partial charge is 0.497 e. The Labute approximate surface area is 131 Å². The highest BCUT2D eigenvalue weighted by Crippen LogP contribution is 2.24. The van der Waals surface area contributed by atoms with Crippen LogP contribution in [-0.2, 0) is 6.42 Å². The molecular weight excluding hydrogens is 280 g/mol. The molecule has 0 aliphatic carbocycles. The number of hydrogen-bond acceptors (Lipinski definition) is 2. The maximum atomic E-state index is 5.32. The second-order valence-corrected chi connectivity index (χ2v) is 5.30. The van der Waals surface area contributed by atoms with Crippen LogP contribution in [0.15, 0.2) is 36.4 Å². The predicted octanol–water partition coefficient (Wildman–Crippen LogP) is 3.27. The molecule has 0 fully saturated rings. The highest BCUT2D eigenvalue weighted by atomic mass is 32.1. The van der Waals surface area contributed by atoms with E-state index in [1.165, 1.54) is 16.3 Å². The van der Waals surface area contributed by atoms with Gasteiger partial charge in [-0.05, 0) is 60.5 Å². The summed E-state index contributed by atoms with van der Waals surface area (Å²) < 4.78 is 5.32. The molecular formula is C17H22N2OS. The zero-order chi connectivity index (χ0) is 15.1. The van der Waals surface area contributed by atoms with Crippen molar-refractivity contribution in [2.45, 2.75) is 19.8 Å². The quantitative estimate of drug-likeness (QED) is 0.634. The van der Waals surface area contributed by atoms with Crippen molar-refractivity contribution in [3.05, 3.63) is 42.0 Å². The van der Waals surface area contributed by atoms with Crippen LogP contribution in [0.4, 0.5) is 0 Å². The Morgan fingerprint density at radius 1 is 1.19 bits per heavy atom. The first kappa shape index (κ1) is 15.6. The highest BCUT2D eigenvalue weighted by Gasteiger charge is 2.03. The van der Waals surface area contributed by atoms with Gasteiger partial charge in [-0.15, -0.1) is 0 Å². The fourth-order valence-corrected chi connectivity index (χ4v) is 2.61. The van der Waals surface area contributed by atoms with E-state index in [4.69, 9.17) is 17.0 Å². The lowest BCUT2D eigenvalue weighted by Gasteiger charge is -2.10. The molecule has 4 heteroatoms. The highest BCUT2D eigenvalue weighted by molar-refractivity contribution is 7.80. The van der Waals surface area contributed by atoms with Crippen molar-refractivity contribution in [1.82, 2.24) is 10.6 Å². The van der Waals surface area contributed by atoms with Gasteiger partial charge in [0.15, 0.2) is 5.11 Å². The molecule has 0 aliphatic heterocycles. The molecule has 2 rings (SSSR count). The van der Waals surface area contributed by atoms with Gasteiger partial charge in [-0.25, -0.2) is 0 Å². The monoisotopic (exact) mass is 302 g/mol. The standard InChI is InChI=1S/C17H22N2OS/c1-3-18-17(21)19-11-5-8-13-6-4-7-14-9-10-15(20-2)12-16(13)14/h4,6-7,9-10,12H,3,5,8,11H2,1-2H3,(H2,18,19,21). The molecule has 0 amide bonds. The minimum absolute atomic E-state index is 0.733. The topological polar surface area (TPSA) is 33.3 Å². The van der Waals surface area contributed by atoms with Crippen LogP contribution in [0.3, 0.4) is 0 Å². The van der Waals surface area contributed by atoms with E-state index in [1.807, 2.05) is 13.0 Å². The Morgan fingerprint density at radius 3 is 2.81 bits per heavy atom. The van der Waals surface area contributed by atoms with Gasteiger partial charge in [0, 0.05) is 13.1 Å². The molecule has 112 valence electrons. The van der Waals surface area contributed by atoms with Gasteiger partial charge in [0.1, 0.15) is 5.75 Å². The number of thiocarbonyl (C=S) groups is 1. The van der Waals surface area contributed by atoms with Crippen LogP contribution in [-0.4, -0.2) is 25.3 Å². The third-order valence-corrected chi connectivity index (χ3v) is 3.71. The van der Waals surface area contributed by atoms with E-state index in [1.54, 1.807) is 7.11 Å². The Kier molecular flexibility index (Phi) is 5.81. The molecule has 2 N–H and O–H groups in total. The average molecular weight is 302 g/mol. The molecule has 0 atom stereocenters. The molecule has 21 heavy (non-hydrogen) atoms. The second-order valence-electron chi connectivity index (χ2n) is 4.89. The number of methoxy groups -OCH3 is 1. The minimum Gasteiger partial charge on any atom is -0.497 e. The Bertz CT molecular complexity index is 613. The maximum absolute atomic E-state index is 5.32. The van der Waals surface area contributed by atoms with Gasteiger partial charge < -0.3 is 15.4 Å². The number of hydrogen-bond donors (Lipinski definition) is 2. The van der Waals surface area contributed by atoms with Gasteiger partial charge in [0.2, 0.25) is 0 Å². The van der Waals surface area contributed by atoms with E-state index in [-0.39, 0.29) is 0 Å². The van der Waals surface area contributed by atoms with Gasteiger partial charge >= 0.3 is 0 Å². The second kappa shape index (κ2) is 7.84. The normalized spacial score (nSPS) is 10.4. The van der Waals surface area contributed by atoms with E-state index in [2.05, 4.69) is 41.0 Å². The van der Waals surface area contributed by atoms with Crippen molar-refractivity contribution in [1.29, 1.82) is 0 Å². The lowest BCUT2D eigenvalue weighted by molar-refractivity contribution is 0.415. The molecule has 2 aromatic carbocycles. The average Bonchev–Trinajstić information content (AvgIpc) is 2.51. The summed E-state index contributed by atoms with van der Waals surface area (Å²) in [6.07, 6.45) is 2.06. The van der Waals surface area contributed by atoms with Crippen LogP contribution in [0.25, 0.3) is 10.8 Å². The van der Waals surface area contributed by atoms with E-state index in [0.717, 1.165) is 36.8 Å². The summed E-state index contributed by atoms with van der Waals surface area (Å²) in [5.74, 6) is 0.904. The Morgan fingerprint density at radius 2 is 2.05 bits per heavy atom. The predicted molar refractivity (Wildman–Crippen MR) is 93.1 cm³/mol. The van der Waals surface area contributed by atoms with Gasteiger partial charge in [-0.1, -0.05) is 24.3 Å². The summed E-state index contributed by atoms with van der Waals surface area (Å²) >= 11 is 5.15. The van der Waals surface area contributed by atoms with Crippen molar-refractivity contribution in [2.75, 3.05) is 20.2 Å². The molecule has 0 bridgehead atoms. The van der Waals surface area contributed by atoms with Crippen LogP contribution in [0.2, 0.25) is 0 Å². The maximum Gasteiger partial charge on any atom is 0.166 e. The SMILES string of the molecule is CCNC(=S)NCCCc1cccc2ccc(OC)cc12.